The Labute approximate surface area is 106 Å². The highest BCUT2D eigenvalue weighted by atomic mass is 19.1. The van der Waals surface area contributed by atoms with E-state index in [0.717, 1.165) is 31.6 Å². The van der Waals surface area contributed by atoms with E-state index in [1.165, 1.54) is 11.0 Å². The topological polar surface area (TPSA) is 35.6 Å². The van der Waals surface area contributed by atoms with E-state index in [9.17, 15) is 9.18 Å². The second kappa shape index (κ2) is 5.25. The molecule has 0 aromatic heterocycles. The summed E-state index contributed by atoms with van der Waals surface area (Å²) in [7, 11) is 3.25. The summed E-state index contributed by atoms with van der Waals surface area (Å²) in [4.78, 5) is 15.1. The van der Waals surface area contributed by atoms with Gasteiger partial charge in [0, 0.05) is 32.9 Å². The van der Waals surface area contributed by atoms with Crippen LogP contribution in [-0.2, 0) is 0 Å². The van der Waals surface area contributed by atoms with Crippen molar-refractivity contribution in [1.82, 2.24) is 4.90 Å². The maximum atomic E-state index is 13.6. The van der Waals surface area contributed by atoms with E-state index in [-0.39, 0.29) is 11.7 Å². The molecule has 0 unspecified atom stereocenters. The average molecular weight is 251 g/mol. The van der Waals surface area contributed by atoms with Crippen molar-refractivity contribution in [3.63, 3.8) is 0 Å². The molecule has 5 heteroatoms. The van der Waals surface area contributed by atoms with Crippen LogP contribution in [0.4, 0.5) is 20.6 Å². The van der Waals surface area contributed by atoms with Gasteiger partial charge in [-0.05, 0) is 31.0 Å². The van der Waals surface area contributed by atoms with Gasteiger partial charge in [0.1, 0.15) is 5.82 Å². The van der Waals surface area contributed by atoms with Crippen LogP contribution in [0.15, 0.2) is 18.2 Å². The molecule has 18 heavy (non-hydrogen) atoms. The zero-order valence-electron chi connectivity index (χ0n) is 10.7. The monoisotopic (exact) mass is 251 g/mol. The summed E-state index contributed by atoms with van der Waals surface area (Å²) < 4.78 is 13.6. The highest BCUT2D eigenvalue weighted by Gasteiger charge is 2.15. The van der Waals surface area contributed by atoms with Crippen molar-refractivity contribution in [3.05, 3.63) is 24.0 Å². The molecule has 0 aliphatic carbocycles. The summed E-state index contributed by atoms with van der Waals surface area (Å²) in [5.74, 6) is -0.409. The summed E-state index contributed by atoms with van der Waals surface area (Å²) in [5, 5.41) is 2.56. The molecule has 1 aromatic carbocycles. The van der Waals surface area contributed by atoms with Crippen molar-refractivity contribution in [1.29, 1.82) is 0 Å². The van der Waals surface area contributed by atoms with Crippen molar-refractivity contribution < 1.29 is 9.18 Å². The first-order valence-electron chi connectivity index (χ1n) is 6.11. The third kappa shape index (κ3) is 2.72. The fourth-order valence-corrected chi connectivity index (χ4v) is 2.01. The number of urea groups is 1. The van der Waals surface area contributed by atoms with Gasteiger partial charge < -0.3 is 15.1 Å². The molecule has 0 radical (unpaired) electrons. The van der Waals surface area contributed by atoms with E-state index in [1.807, 2.05) is 0 Å². The van der Waals surface area contributed by atoms with Gasteiger partial charge >= 0.3 is 6.03 Å². The SMILES string of the molecule is CN(C)C(=O)Nc1cc(N2CCCC2)ccc1F. The number of nitrogens with one attached hydrogen (secondary N) is 1. The highest BCUT2D eigenvalue weighted by Crippen LogP contribution is 2.25. The Kier molecular flexibility index (Phi) is 3.69. The van der Waals surface area contributed by atoms with Crippen molar-refractivity contribution in [2.24, 2.45) is 0 Å². The smallest absolute Gasteiger partial charge is 0.321 e. The van der Waals surface area contributed by atoms with Crippen LogP contribution < -0.4 is 10.2 Å². The maximum absolute atomic E-state index is 13.6. The fourth-order valence-electron chi connectivity index (χ4n) is 2.01. The average Bonchev–Trinajstić information content (AvgIpc) is 2.85. The van der Waals surface area contributed by atoms with Crippen LogP contribution in [0.1, 0.15) is 12.8 Å². The molecule has 0 saturated carbocycles. The van der Waals surface area contributed by atoms with Crippen LogP contribution in [0.2, 0.25) is 0 Å². The number of carbonyl (C=O) groups excluding carboxylic acids is 1. The van der Waals surface area contributed by atoms with Gasteiger partial charge in [-0.2, -0.15) is 0 Å². The van der Waals surface area contributed by atoms with E-state index in [1.54, 1.807) is 26.2 Å². The van der Waals surface area contributed by atoms with Gasteiger partial charge in [-0.25, -0.2) is 9.18 Å². The molecular weight excluding hydrogens is 233 g/mol. The first-order valence-corrected chi connectivity index (χ1v) is 6.11. The molecule has 1 aliphatic rings. The Bertz CT molecular complexity index is 442. The summed E-state index contributed by atoms with van der Waals surface area (Å²) >= 11 is 0. The Morgan fingerprint density at radius 2 is 2.00 bits per heavy atom. The number of carbonyl (C=O) groups is 1. The molecule has 1 heterocycles. The Balaban J connectivity index is 2.18. The van der Waals surface area contributed by atoms with Crippen molar-refractivity contribution in [2.75, 3.05) is 37.4 Å². The van der Waals surface area contributed by atoms with Crippen LogP contribution in [0.3, 0.4) is 0 Å². The molecule has 1 aliphatic heterocycles. The van der Waals surface area contributed by atoms with Crippen molar-refractivity contribution in [3.8, 4) is 0 Å². The van der Waals surface area contributed by atoms with Gasteiger partial charge in [0.05, 0.1) is 5.69 Å². The second-order valence-corrected chi connectivity index (χ2v) is 4.68. The molecule has 0 atom stereocenters. The first kappa shape index (κ1) is 12.7. The predicted molar refractivity (Wildman–Crippen MR) is 70.6 cm³/mol. The quantitative estimate of drug-likeness (QED) is 0.876. The normalized spacial score (nSPS) is 14.7. The van der Waals surface area contributed by atoms with Crippen LogP contribution >= 0.6 is 0 Å². The molecule has 2 rings (SSSR count). The standard InChI is InChI=1S/C13H18FN3O/c1-16(2)13(18)15-12-9-10(5-6-11(12)14)17-7-3-4-8-17/h5-6,9H,3-4,7-8H2,1-2H3,(H,15,18). The Morgan fingerprint density at radius 3 is 2.61 bits per heavy atom. The fraction of sp³-hybridized carbons (Fsp3) is 0.462. The number of hydrogen-bond acceptors (Lipinski definition) is 2. The summed E-state index contributed by atoms with van der Waals surface area (Å²) in [6.45, 7) is 1.99. The number of anilines is 2. The van der Waals surface area contributed by atoms with Gasteiger partial charge in [-0.15, -0.1) is 0 Å². The zero-order valence-corrected chi connectivity index (χ0v) is 10.7. The van der Waals surface area contributed by atoms with E-state index in [2.05, 4.69) is 10.2 Å². The van der Waals surface area contributed by atoms with Gasteiger partial charge in [-0.3, -0.25) is 0 Å². The lowest BCUT2D eigenvalue weighted by Crippen LogP contribution is -2.28. The Morgan fingerprint density at radius 1 is 1.33 bits per heavy atom. The highest BCUT2D eigenvalue weighted by molar-refractivity contribution is 5.89. The minimum absolute atomic E-state index is 0.234. The molecule has 2 amide bonds. The predicted octanol–water partition coefficient (Wildman–Crippen LogP) is 2.52. The molecule has 4 nitrogen and oxygen atoms in total. The van der Waals surface area contributed by atoms with Gasteiger partial charge in [0.25, 0.3) is 0 Å². The lowest BCUT2D eigenvalue weighted by molar-refractivity contribution is 0.230. The number of amides is 2. The number of nitrogens with zero attached hydrogens (tertiary/aromatic N) is 2. The molecule has 0 spiro atoms. The van der Waals surface area contributed by atoms with Gasteiger partial charge in [-0.1, -0.05) is 0 Å². The van der Waals surface area contributed by atoms with Crippen LogP contribution in [0.5, 0.6) is 0 Å². The summed E-state index contributed by atoms with van der Waals surface area (Å²) in [6, 6.07) is 4.53. The molecule has 1 N–H and O–H groups in total. The van der Waals surface area contributed by atoms with E-state index in [0.29, 0.717) is 0 Å². The van der Waals surface area contributed by atoms with E-state index >= 15 is 0 Å². The minimum Gasteiger partial charge on any atom is -0.371 e. The number of rotatable bonds is 2. The van der Waals surface area contributed by atoms with Gasteiger partial charge in [0.2, 0.25) is 0 Å². The lowest BCUT2D eigenvalue weighted by atomic mass is 10.2. The molecule has 0 bridgehead atoms. The second-order valence-electron chi connectivity index (χ2n) is 4.68. The molecule has 1 saturated heterocycles. The Hall–Kier alpha value is -1.78. The third-order valence-corrected chi connectivity index (χ3v) is 3.07. The van der Waals surface area contributed by atoms with Crippen molar-refractivity contribution in [2.45, 2.75) is 12.8 Å². The minimum atomic E-state index is -0.409. The third-order valence-electron chi connectivity index (χ3n) is 3.07. The summed E-state index contributed by atoms with van der Waals surface area (Å²) in [6.07, 6.45) is 2.33. The van der Waals surface area contributed by atoms with Crippen molar-refractivity contribution >= 4 is 17.4 Å². The van der Waals surface area contributed by atoms with E-state index in [4.69, 9.17) is 0 Å². The van der Waals surface area contributed by atoms with Crippen LogP contribution in [0.25, 0.3) is 0 Å². The maximum Gasteiger partial charge on any atom is 0.321 e. The molecule has 98 valence electrons. The number of hydrogen-bond donors (Lipinski definition) is 1. The van der Waals surface area contributed by atoms with E-state index < -0.39 is 5.82 Å². The van der Waals surface area contributed by atoms with Crippen LogP contribution in [0, 0.1) is 5.82 Å². The largest absolute Gasteiger partial charge is 0.371 e. The van der Waals surface area contributed by atoms with Gasteiger partial charge in [0.15, 0.2) is 0 Å². The summed E-state index contributed by atoms with van der Waals surface area (Å²) in [5.41, 5.74) is 1.20. The number of halogens is 1. The van der Waals surface area contributed by atoms with Crippen LogP contribution in [-0.4, -0.2) is 38.1 Å². The molecular formula is C13H18FN3O. The lowest BCUT2D eigenvalue weighted by Gasteiger charge is -2.19. The molecule has 1 fully saturated rings. The zero-order chi connectivity index (χ0) is 13.1. The number of benzene rings is 1. The first-order chi connectivity index (χ1) is 8.58. The molecule has 1 aromatic rings.